The van der Waals surface area contributed by atoms with Crippen molar-refractivity contribution < 1.29 is 4.79 Å². The van der Waals surface area contributed by atoms with Gasteiger partial charge < -0.3 is 0 Å². The molecule has 82 valence electrons. The van der Waals surface area contributed by atoms with Crippen molar-refractivity contribution in [3.8, 4) is 0 Å². The molecule has 2 aromatic heterocycles. The predicted molar refractivity (Wildman–Crippen MR) is 56.0 cm³/mol. The number of carbonyl (C=O) groups is 1. The van der Waals surface area contributed by atoms with E-state index in [0.29, 0.717) is 0 Å². The molecule has 16 heavy (non-hydrogen) atoms. The first-order valence-corrected chi connectivity index (χ1v) is 4.71. The highest BCUT2D eigenvalue weighted by Gasteiger charge is 2.10. The predicted octanol–water partition coefficient (Wildman–Crippen LogP) is 0.511. The van der Waals surface area contributed by atoms with Gasteiger partial charge >= 0.3 is 0 Å². The van der Waals surface area contributed by atoms with Gasteiger partial charge in [-0.05, 0) is 17.3 Å². The Morgan fingerprint density at radius 2 is 2.31 bits per heavy atom. The molecule has 0 aliphatic rings. The van der Waals surface area contributed by atoms with Gasteiger partial charge in [-0.15, -0.1) is 5.10 Å². The van der Waals surface area contributed by atoms with E-state index in [4.69, 9.17) is 11.6 Å². The Kier molecular flexibility index (Phi) is 2.78. The van der Waals surface area contributed by atoms with Crippen LogP contribution < -0.4 is 5.32 Å². The van der Waals surface area contributed by atoms with E-state index in [2.05, 4.69) is 25.7 Å². The minimum Gasteiger partial charge on any atom is -0.286 e. The van der Waals surface area contributed by atoms with Crippen LogP contribution in [0.4, 0.5) is 5.95 Å². The molecule has 0 fully saturated rings. The number of nitrogens with zero attached hydrogens (tertiary/aromatic N) is 5. The summed E-state index contributed by atoms with van der Waals surface area (Å²) in [7, 11) is 1.60. The van der Waals surface area contributed by atoms with E-state index in [-0.39, 0.29) is 16.8 Å². The van der Waals surface area contributed by atoms with Gasteiger partial charge in [0.2, 0.25) is 0 Å². The summed E-state index contributed by atoms with van der Waals surface area (Å²) in [5.74, 6) is -0.315. The van der Waals surface area contributed by atoms with Crippen molar-refractivity contribution in [3.05, 3.63) is 29.0 Å². The van der Waals surface area contributed by atoms with E-state index in [1.54, 1.807) is 19.2 Å². The third-order valence-electron chi connectivity index (χ3n) is 1.68. The van der Waals surface area contributed by atoms with Crippen molar-refractivity contribution in [2.24, 2.45) is 7.05 Å². The van der Waals surface area contributed by atoms with Crippen LogP contribution in [0.3, 0.4) is 0 Å². The molecule has 0 saturated carbocycles. The first-order valence-electron chi connectivity index (χ1n) is 4.33. The van der Waals surface area contributed by atoms with E-state index in [0.717, 1.165) is 0 Å². The van der Waals surface area contributed by atoms with Gasteiger partial charge in [-0.1, -0.05) is 22.8 Å². The van der Waals surface area contributed by atoms with Crippen LogP contribution in [0.2, 0.25) is 5.15 Å². The van der Waals surface area contributed by atoms with Gasteiger partial charge in [0.05, 0.1) is 7.05 Å². The zero-order valence-electron chi connectivity index (χ0n) is 8.25. The normalized spacial score (nSPS) is 10.1. The molecule has 2 heterocycles. The molecule has 7 nitrogen and oxygen atoms in total. The summed E-state index contributed by atoms with van der Waals surface area (Å²) in [5.41, 5.74) is 0.194. The Bertz CT molecular complexity index is 525. The number of aryl methyl sites for hydroxylation is 1. The van der Waals surface area contributed by atoms with E-state index < -0.39 is 5.91 Å². The molecule has 0 radical (unpaired) electrons. The molecular weight excluding hydrogens is 232 g/mol. The highest BCUT2D eigenvalue weighted by atomic mass is 35.5. The van der Waals surface area contributed by atoms with Gasteiger partial charge in [0, 0.05) is 0 Å². The van der Waals surface area contributed by atoms with Crippen LogP contribution in [0.25, 0.3) is 0 Å². The number of carbonyl (C=O) groups excluding carboxylic acids is 1. The van der Waals surface area contributed by atoms with Gasteiger partial charge in [0.15, 0.2) is 0 Å². The lowest BCUT2D eigenvalue weighted by atomic mass is 10.3. The highest BCUT2D eigenvalue weighted by Crippen LogP contribution is 2.06. The van der Waals surface area contributed by atoms with E-state index in [1.807, 2.05) is 0 Å². The van der Waals surface area contributed by atoms with Crippen LogP contribution in [-0.2, 0) is 7.05 Å². The number of pyridine rings is 1. The van der Waals surface area contributed by atoms with Crippen LogP contribution in [-0.4, -0.2) is 31.1 Å². The van der Waals surface area contributed by atoms with Crippen LogP contribution in [0, 0.1) is 0 Å². The quantitative estimate of drug-likeness (QED) is 0.771. The summed E-state index contributed by atoms with van der Waals surface area (Å²) in [5, 5.41) is 13.7. The zero-order chi connectivity index (χ0) is 11.5. The Labute approximate surface area is 95.4 Å². The fraction of sp³-hybridized carbons (Fsp3) is 0.125. The van der Waals surface area contributed by atoms with Crippen molar-refractivity contribution in [3.63, 3.8) is 0 Å². The summed E-state index contributed by atoms with van der Waals surface area (Å²) >= 11 is 5.66. The van der Waals surface area contributed by atoms with Crippen LogP contribution in [0.15, 0.2) is 18.2 Å². The maximum atomic E-state index is 11.6. The number of anilines is 1. The molecule has 8 heteroatoms. The van der Waals surface area contributed by atoms with E-state index in [1.165, 1.54) is 10.9 Å². The Morgan fingerprint density at radius 3 is 2.94 bits per heavy atom. The van der Waals surface area contributed by atoms with E-state index in [9.17, 15) is 4.79 Å². The molecule has 2 aromatic rings. The third kappa shape index (κ3) is 2.31. The minimum atomic E-state index is -0.435. The monoisotopic (exact) mass is 238 g/mol. The lowest BCUT2D eigenvalue weighted by molar-refractivity contribution is 0.102. The molecule has 1 N–H and O–H groups in total. The Morgan fingerprint density at radius 1 is 1.50 bits per heavy atom. The van der Waals surface area contributed by atoms with E-state index >= 15 is 0 Å². The van der Waals surface area contributed by atoms with Gasteiger partial charge in [-0.3, -0.25) is 10.1 Å². The molecule has 0 saturated heterocycles. The fourth-order valence-corrected chi connectivity index (χ4v) is 1.20. The number of aromatic nitrogens is 5. The first-order chi connectivity index (χ1) is 7.65. The fourth-order valence-electron chi connectivity index (χ4n) is 1.03. The maximum absolute atomic E-state index is 11.6. The van der Waals surface area contributed by atoms with Gasteiger partial charge in [0.25, 0.3) is 11.9 Å². The number of hydrogen-bond acceptors (Lipinski definition) is 5. The maximum Gasteiger partial charge on any atom is 0.276 e. The molecule has 0 aromatic carbocycles. The number of halogens is 1. The summed E-state index contributed by atoms with van der Waals surface area (Å²) in [6.45, 7) is 0. The molecule has 1 amide bonds. The van der Waals surface area contributed by atoms with Crippen molar-refractivity contribution in [1.29, 1.82) is 0 Å². The van der Waals surface area contributed by atoms with Gasteiger partial charge in [0.1, 0.15) is 10.8 Å². The third-order valence-corrected chi connectivity index (χ3v) is 1.89. The lowest BCUT2D eigenvalue weighted by Gasteiger charge is -1.99. The standard InChI is InChI=1S/C8H7ClN6O/c1-15-13-8(12-14-15)11-7(16)5-3-2-4-6(9)10-5/h2-4H,1H3,(H,11,13,16). The second kappa shape index (κ2) is 4.23. The molecule has 0 aliphatic heterocycles. The topological polar surface area (TPSA) is 85.6 Å². The summed E-state index contributed by atoms with van der Waals surface area (Å²) in [6.07, 6.45) is 0. The van der Waals surface area contributed by atoms with Gasteiger partial charge in [-0.2, -0.15) is 4.80 Å². The smallest absolute Gasteiger partial charge is 0.276 e. The van der Waals surface area contributed by atoms with Gasteiger partial charge in [-0.25, -0.2) is 4.98 Å². The Balaban J connectivity index is 2.14. The van der Waals surface area contributed by atoms with Crippen LogP contribution in [0.1, 0.15) is 10.5 Å². The summed E-state index contributed by atoms with van der Waals surface area (Å²) in [4.78, 5) is 16.7. The van der Waals surface area contributed by atoms with Crippen molar-refractivity contribution in [1.82, 2.24) is 25.2 Å². The average molecular weight is 239 g/mol. The number of rotatable bonds is 2. The molecule has 0 bridgehead atoms. The molecule has 0 atom stereocenters. The number of amides is 1. The molecule has 0 unspecified atom stereocenters. The first kappa shape index (κ1) is 10.5. The van der Waals surface area contributed by atoms with Crippen molar-refractivity contribution in [2.75, 3.05) is 5.32 Å². The second-order valence-electron chi connectivity index (χ2n) is 2.90. The summed E-state index contributed by atoms with van der Waals surface area (Å²) in [6, 6.07) is 4.75. The SMILES string of the molecule is Cn1nnc(NC(=O)c2cccc(Cl)n2)n1. The Hall–Kier alpha value is -2.02. The summed E-state index contributed by atoms with van der Waals surface area (Å²) < 4.78 is 0. The minimum absolute atomic E-state index is 0.120. The number of hydrogen-bond donors (Lipinski definition) is 1. The number of tetrazole rings is 1. The highest BCUT2D eigenvalue weighted by molar-refractivity contribution is 6.29. The molecule has 0 aliphatic carbocycles. The second-order valence-corrected chi connectivity index (χ2v) is 3.29. The molecule has 2 rings (SSSR count). The van der Waals surface area contributed by atoms with Crippen LogP contribution in [0.5, 0.6) is 0 Å². The molecular formula is C8H7ClN6O. The molecule has 0 spiro atoms. The van der Waals surface area contributed by atoms with Crippen LogP contribution >= 0.6 is 11.6 Å². The zero-order valence-corrected chi connectivity index (χ0v) is 9.01. The average Bonchev–Trinajstić information content (AvgIpc) is 2.64. The lowest BCUT2D eigenvalue weighted by Crippen LogP contribution is -2.14. The largest absolute Gasteiger partial charge is 0.286 e. The number of nitrogens with one attached hydrogen (secondary N) is 1. The van der Waals surface area contributed by atoms with Crippen molar-refractivity contribution >= 4 is 23.5 Å². The van der Waals surface area contributed by atoms with Crippen molar-refractivity contribution in [2.45, 2.75) is 0 Å².